The lowest BCUT2D eigenvalue weighted by atomic mass is 9.97. The molecule has 0 bridgehead atoms. The van der Waals surface area contributed by atoms with Gasteiger partial charge in [-0.3, -0.25) is 0 Å². The van der Waals surface area contributed by atoms with E-state index in [0.717, 1.165) is 37.4 Å². The zero-order chi connectivity index (χ0) is 18.3. The molecule has 0 saturated heterocycles. The number of hydrogen-bond acceptors (Lipinski definition) is 3. The van der Waals surface area contributed by atoms with Crippen LogP contribution in [-0.4, -0.2) is 18.1 Å². The molecule has 0 saturated carbocycles. The molecule has 0 fully saturated rings. The van der Waals surface area contributed by atoms with Gasteiger partial charge in [0.1, 0.15) is 6.07 Å². The zero-order valence-corrected chi connectivity index (χ0v) is 15.4. The predicted molar refractivity (Wildman–Crippen MR) is 105 cm³/mol. The second-order valence-electron chi connectivity index (χ2n) is 5.88. The van der Waals surface area contributed by atoms with E-state index in [2.05, 4.69) is 27.0 Å². The van der Waals surface area contributed by atoms with Crippen LogP contribution in [0.1, 0.15) is 15.9 Å². The SMILES string of the molecule is COC(=O)c1ccc(-c2ccc(C#N)c(Br)c2)c2[nH]c3ccccc3c12. The van der Waals surface area contributed by atoms with E-state index in [1.807, 2.05) is 42.5 Å². The number of carbonyl (C=O) groups excluding carboxylic acids is 1. The molecule has 4 aromatic rings. The summed E-state index contributed by atoms with van der Waals surface area (Å²) in [6.45, 7) is 0. The van der Waals surface area contributed by atoms with Crippen molar-refractivity contribution >= 4 is 43.7 Å². The van der Waals surface area contributed by atoms with Crippen molar-refractivity contribution in [3.05, 3.63) is 70.2 Å². The fourth-order valence-corrected chi connectivity index (χ4v) is 3.72. The highest BCUT2D eigenvalue weighted by molar-refractivity contribution is 9.10. The summed E-state index contributed by atoms with van der Waals surface area (Å²) in [4.78, 5) is 15.7. The largest absolute Gasteiger partial charge is 0.465 e. The molecule has 4 rings (SSSR count). The van der Waals surface area contributed by atoms with Gasteiger partial charge in [-0.15, -0.1) is 0 Å². The highest BCUT2D eigenvalue weighted by atomic mass is 79.9. The third-order valence-corrected chi connectivity index (χ3v) is 5.12. The van der Waals surface area contributed by atoms with Crippen LogP contribution >= 0.6 is 15.9 Å². The minimum Gasteiger partial charge on any atom is -0.465 e. The van der Waals surface area contributed by atoms with Gasteiger partial charge in [-0.05, 0) is 45.8 Å². The Balaban J connectivity index is 2.08. The molecule has 0 atom stereocenters. The molecule has 0 spiro atoms. The molecule has 126 valence electrons. The molecule has 0 radical (unpaired) electrons. The minimum absolute atomic E-state index is 0.368. The number of para-hydroxylation sites is 1. The van der Waals surface area contributed by atoms with Gasteiger partial charge in [-0.2, -0.15) is 5.26 Å². The number of hydrogen-bond donors (Lipinski definition) is 1. The Kier molecular flexibility index (Phi) is 3.98. The van der Waals surface area contributed by atoms with Gasteiger partial charge in [0.15, 0.2) is 0 Å². The monoisotopic (exact) mass is 404 g/mol. The van der Waals surface area contributed by atoms with Crippen molar-refractivity contribution in [1.82, 2.24) is 4.98 Å². The Morgan fingerprint density at radius 3 is 2.69 bits per heavy atom. The van der Waals surface area contributed by atoms with Crippen molar-refractivity contribution in [2.75, 3.05) is 7.11 Å². The Labute approximate surface area is 158 Å². The maximum atomic E-state index is 12.3. The molecule has 1 N–H and O–H groups in total. The number of benzene rings is 3. The molecule has 4 nitrogen and oxygen atoms in total. The molecule has 0 aliphatic carbocycles. The lowest BCUT2D eigenvalue weighted by Gasteiger charge is -2.08. The molecule has 0 amide bonds. The summed E-state index contributed by atoms with van der Waals surface area (Å²) >= 11 is 3.45. The molecular weight excluding hydrogens is 392 g/mol. The number of ether oxygens (including phenoxy) is 1. The third-order valence-electron chi connectivity index (χ3n) is 4.47. The number of carbonyl (C=O) groups is 1. The fraction of sp³-hybridized carbons (Fsp3) is 0.0476. The predicted octanol–water partition coefficient (Wildman–Crippen LogP) is 5.41. The summed E-state index contributed by atoms with van der Waals surface area (Å²) < 4.78 is 5.70. The van der Waals surface area contributed by atoms with Crippen LogP contribution in [0.3, 0.4) is 0 Å². The van der Waals surface area contributed by atoms with E-state index in [0.29, 0.717) is 11.1 Å². The number of nitriles is 1. The van der Waals surface area contributed by atoms with Gasteiger partial charge in [0.05, 0.1) is 23.8 Å². The van der Waals surface area contributed by atoms with Crippen LogP contribution in [0.15, 0.2) is 59.1 Å². The Morgan fingerprint density at radius 2 is 1.96 bits per heavy atom. The summed E-state index contributed by atoms with van der Waals surface area (Å²) in [6.07, 6.45) is 0. The number of H-pyrrole nitrogens is 1. The van der Waals surface area contributed by atoms with Crippen LogP contribution in [0, 0.1) is 11.3 Å². The van der Waals surface area contributed by atoms with Crippen molar-refractivity contribution in [2.45, 2.75) is 0 Å². The maximum Gasteiger partial charge on any atom is 0.338 e. The molecular formula is C21H13BrN2O2. The van der Waals surface area contributed by atoms with E-state index in [1.54, 1.807) is 12.1 Å². The molecule has 26 heavy (non-hydrogen) atoms. The van der Waals surface area contributed by atoms with E-state index in [1.165, 1.54) is 7.11 Å². The van der Waals surface area contributed by atoms with Gasteiger partial charge in [0, 0.05) is 26.3 Å². The second kappa shape index (κ2) is 6.32. The summed E-state index contributed by atoms with van der Waals surface area (Å²) in [5, 5.41) is 10.9. The number of methoxy groups -OCH3 is 1. The number of aromatic amines is 1. The van der Waals surface area contributed by atoms with Crippen LogP contribution in [0.25, 0.3) is 32.9 Å². The number of rotatable bonds is 2. The van der Waals surface area contributed by atoms with Gasteiger partial charge in [-0.1, -0.05) is 30.3 Å². The maximum absolute atomic E-state index is 12.3. The smallest absolute Gasteiger partial charge is 0.338 e. The van der Waals surface area contributed by atoms with E-state index in [-0.39, 0.29) is 5.97 Å². The average Bonchev–Trinajstić information content (AvgIpc) is 3.06. The first-order valence-electron chi connectivity index (χ1n) is 7.96. The van der Waals surface area contributed by atoms with Crippen LogP contribution < -0.4 is 0 Å². The van der Waals surface area contributed by atoms with Gasteiger partial charge >= 0.3 is 5.97 Å². The van der Waals surface area contributed by atoms with Gasteiger partial charge < -0.3 is 9.72 Å². The first-order valence-corrected chi connectivity index (χ1v) is 8.75. The van der Waals surface area contributed by atoms with Crippen LogP contribution in [0.5, 0.6) is 0 Å². The molecule has 0 unspecified atom stereocenters. The number of fused-ring (bicyclic) bond motifs is 3. The number of aromatic nitrogens is 1. The van der Waals surface area contributed by atoms with Crippen molar-refractivity contribution in [3.63, 3.8) is 0 Å². The molecule has 0 aliphatic rings. The van der Waals surface area contributed by atoms with Crippen LogP contribution in [0.4, 0.5) is 0 Å². The van der Waals surface area contributed by atoms with Gasteiger partial charge in [0.2, 0.25) is 0 Å². The minimum atomic E-state index is -0.368. The molecule has 0 aliphatic heterocycles. The number of esters is 1. The zero-order valence-electron chi connectivity index (χ0n) is 13.8. The van der Waals surface area contributed by atoms with E-state index in [4.69, 9.17) is 10.00 Å². The molecule has 5 heteroatoms. The number of nitrogens with zero attached hydrogens (tertiary/aromatic N) is 1. The Morgan fingerprint density at radius 1 is 1.15 bits per heavy atom. The highest BCUT2D eigenvalue weighted by Gasteiger charge is 2.18. The van der Waals surface area contributed by atoms with Crippen molar-refractivity contribution in [2.24, 2.45) is 0 Å². The van der Waals surface area contributed by atoms with Crippen molar-refractivity contribution < 1.29 is 9.53 Å². The summed E-state index contributed by atoms with van der Waals surface area (Å²) in [5.41, 5.74) is 4.82. The number of nitrogens with one attached hydrogen (secondary N) is 1. The van der Waals surface area contributed by atoms with Crippen LogP contribution in [0.2, 0.25) is 0 Å². The molecule has 3 aromatic carbocycles. The summed E-state index contributed by atoms with van der Waals surface area (Å²) in [6, 6.07) is 19.3. The first-order chi connectivity index (χ1) is 12.6. The lowest BCUT2D eigenvalue weighted by molar-refractivity contribution is 0.0603. The normalized spacial score (nSPS) is 10.8. The topological polar surface area (TPSA) is 65.9 Å². The van der Waals surface area contributed by atoms with E-state index < -0.39 is 0 Å². The summed E-state index contributed by atoms with van der Waals surface area (Å²) in [7, 11) is 1.38. The first kappa shape index (κ1) is 16.4. The van der Waals surface area contributed by atoms with Gasteiger partial charge in [0.25, 0.3) is 0 Å². The second-order valence-corrected chi connectivity index (χ2v) is 6.73. The highest BCUT2D eigenvalue weighted by Crippen LogP contribution is 2.37. The Bertz CT molecular complexity index is 1220. The fourth-order valence-electron chi connectivity index (χ4n) is 3.25. The Hall–Kier alpha value is -3.10. The standard InChI is InChI=1S/C21H13BrN2O2/c1-26-21(25)16-9-8-14(12-6-7-13(11-23)17(22)10-12)20-19(16)15-4-2-3-5-18(15)24-20/h2-10,24H,1H3. The molecule has 1 aromatic heterocycles. The van der Waals surface area contributed by atoms with Crippen LogP contribution in [-0.2, 0) is 4.74 Å². The third kappa shape index (κ3) is 2.47. The van der Waals surface area contributed by atoms with Crippen molar-refractivity contribution in [3.8, 4) is 17.2 Å². The molecule has 1 heterocycles. The summed E-state index contributed by atoms with van der Waals surface area (Å²) in [5.74, 6) is -0.368. The average molecular weight is 405 g/mol. The van der Waals surface area contributed by atoms with Crippen molar-refractivity contribution in [1.29, 1.82) is 5.26 Å². The number of halogens is 1. The lowest BCUT2D eigenvalue weighted by Crippen LogP contribution is -2.02. The quantitative estimate of drug-likeness (QED) is 0.454. The van der Waals surface area contributed by atoms with Gasteiger partial charge in [-0.25, -0.2) is 4.79 Å². The van der Waals surface area contributed by atoms with E-state index in [9.17, 15) is 4.79 Å². The van der Waals surface area contributed by atoms with E-state index >= 15 is 0 Å².